The van der Waals surface area contributed by atoms with Gasteiger partial charge in [-0.1, -0.05) is 6.07 Å². The van der Waals surface area contributed by atoms with E-state index >= 15 is 0 Å². The number of amides is 1. The van der Waals surface area contributed by atoms with Gasteiger partial charge in [0.05, 0.1) is 12.6 Å². The van der Waals surface area contributed by atoms with Gasteiger partial charge in [0.2, 0.25) is 5.91 Å². The monoisotopic (exact) mass is 340 g/mol. The van der Waals surface area contributed by atoms with E-state index in [9.17, 15) is 9.18 Å². The van der Waals surface area contributed by atoms with Crippen LogP contribution in [0.4, 0.5) is 15.8 Å². The molecule has 25 heavy (non-hydrogen) atoms. The van der Waals surface area contributed by atoms with Gasteiger partial charge < -0.3 is 15.4 Å². The van der Waals surface area contributed by atoms with Gasteiger partial charge in [0.15, 0.2) is 0 Å². The smallest absolute Gasteiger partial charge is 0.224 e. The van der Waals surface area contributed by atoms with Crippen molar-refractivity contribution in [2.75, 3.05) is 17.2 Å². The number of carbonyl (C=O) groups excluding carboxylic acids is 1. The molecular weight excluding hydrogens is 319 g/mol. The van der Waals surface area contributed by atoms with E-state index in [-0.39, 0.29) is 17.8 Å². The lowest BCUT2D eigenvalue weighted by molar-refractivity contribution is -0.116. The van der Waals surface area contributed by atoms with Crippen molar-refractivity contribution < 1.29 is 13.9 Å². The van der Waals surface area contributed by atoms with Crippen molar-refractivity contribution in [3.8, 4) is 5.75 Å². The summed E-state index contributed by atoms with van der Waals surface area (Å²) in [6.07, 6.45) is 4.15. The zero-order valence-corrected chi connectivity index (χ0v) is 14.0. The Balaban J connectivity index is 1.60. The first kappa shape index (κ1) is 15.9. The van der Waals surface area contributed by atoms with Gasteiger partial charge in [-0.2, -0.15) is 0 Å². The van der Waals surface area contributed by atoms with E-state index < -0.39 is 0 Å². The van der Waals surface area contributed by atoms with Gasteiger partial charge in [-0.05, 0) is 55.5 Å². The van der Waals surface area contributed by atoms with Gasteiger partial charge in [0.1, 0.15) is 11.6 Å². The largest absolute Gasteiger partial charge is 0.493 e. The highest BCUT2D eigenvalue weighted by Gasteiger charge is 2.21. The summed E-state index contributed by atoms with van der Waals surface area (Å²) >= 11 is 0. The summed E-state index contributed by atoms with van der Waals surface area (Å²) < 4.78 is 19.2. The first-order chi connectivity index (χ1) is 12.2. The minimum atomic E-state index is -0.278. The zero-order chi connectivity index (χ0) is 17.2. The molecule has 0 saturated heterocycles. The predicted molar refractivity (Wildman–Crippen MR) is 95.5 cm³/mol. The van der Waals surface area contributed by atoms with Crippen LogP contribution in [0.15, 0.2) is 36.4 Å². The average Bonchev–Trinajstić information content (AvgIpc) is 2.90. The number of aryl methyl sites for hydroxylation is 1. The number of hydrogen-bond acceptors (Lipinski definition) is 3. The lowest BCUT2D eigenvalue weighted by Crippen LogP contribution is -2.11. The normalized spacial score (nSPS) is 19.6. The Labute approximate surface area is 146 Å². The van der Waals surface area contributed by atoms with Crippen molar-refractivity contribution in [1.82, 2.24) is 0 Å². The number of fused-ring (bicyclic) bond motifs is 2. The minimum Gasteiger partial charge on any atom is -0.493 e. The first-order valence-corrected chi connectivity index (χ1v) is 8.80. The summed E-state index contributed by atoms with van der Waals surface area (Å²) in [5.41, 5.74) is 4.05. The summed E-state index contributed by atoms with van der Waals surface area (Å²) in [6.45, 7) is 0.602. The van der Waals surface area contributed by atoms with Gasteiger partial charge >= 0.3 is 0 Å². The maximum atomic E-state index is 13.5. The SMILES string of the molecule is O=C1CCCc2cc(NC3CCCOc4cc(F)ccc43)ccc2N1. The van der Waals surface area contributed by atoms with Gasteiger partial charge in [-0.3, -0.25) is 4.79 Å². The van der Waals surface area contributed by atoms with Crippen LogP contribution in [-0.2, 0) is 11.2 Å². The highest BCUT2D eigenvalue weighted by atomic mass is 19.1. The molecule has 4 nitrogen and oxygen atoms in total. The van der Waals surface area contributed by atoms with Crippen LogP contribution in [0.1, 0.15) is 42.9 Å². The van der Waals surface area contributed by atoms with Crippen LogP contribution in [-0.4, -0.2) is 12.5 Å². The average molecular weight is 340 g/mol. The topological polar surface area (TPSA) is 50.4 Å². The summed E-state index contributed by atoms with van der Waals surface area (Å²) in [4.78, 5) is 11.7. The highest BCUT2D eigenvalue weighted by molar-refractivity contribution is 5.92. The van der Waals surface area contributed by atoms with Crippen LogP contribution in [0.3, 0.4) is 0 Å². The lowest BCUT2D eigenvalue weighted by Gasteiger charge is -2.20. The van der Waals surface area contributed by atoms with Crippen LogP contribution >= 0.6 is 0 Å². The third-order valence-electron chi connectivity index (χ3n) is 4.82. The second-order valence-corrected chi connectivity index (χ2v) is 6.64. The molecule has 0 aromatic heterocycles. The van der Waals surface area contributed by atoms with Crippen LogP contribution in [0.2, 0.25) is 0 Å². The van der Waals surface area contributed by atoms with E-state index in [0.717, 1.165) is 48.2 Å². The molecule has 2 aliphatic rings. The molecule has 0 radical (unpaired) electrons. The van der Waals surface area contributed by atoms with E-state index in [4.69, 9.17) is 4.74 Å². The second-order valence-electron chi connectivity index (χ2n) is 6.64. The van der Waals surface area contributed by atoms with E-state index in [0.29, 0.717) is 18.8 Å². The number of nitrogens with one attached hydrogen (secondary N) is 2. The van der Waals surface area contributed by atoms with Crippen LogP contribution in [0.5, 0.6) is 5.75 Å². The first-order valence-electron chi connectivity index (χ1n) is 8.80. The van der Waals surface area contributed by atoms with Crippen molar-refractivity contribution in [2.45, 2.75) is 38.1 Å². The summed E-state index contributed by atoms with van der Waals surface area (Å²) in [7, 11) is 0. The molecule has 1 atom stereocenters. The van der Waals surface area contributed by atoms with Crippen molar-refractivity contribution in [3.63, 3.8) is 0 Å². The molecule has 5 heteroatoms. The molecule has 0 aliphatic carbocycles. The molecule has 0 spiro atoms. The Morgan fingerprint density at radius 1 is 1.12 bits per heavy atom. The molecule has 1 amide bonds. The number of anilines is 2. The molecule has 2 aromatic carbocycles. The van der Waals surface area contributed by atoms with E-state index in [2.05, 4.69) is 16.7 Å². The molecule has 0 saturated carbocycles. The van der Waals surface area contributed by atoms with E-state index in [1.54, 1.807) is 6.07 Å². The van der Waals surface area contributed by atoms with E-state index in [1.807, 2.05) is 12.1 Å². The van der Waals surface area contributed by atoms with Gasteiger partial charge in [-0.15, -0.1) is 0 Å². The highest BCUT2D eigenvalue weighted by Crippen LogP contribution is 2.35. The van der Waals surface area contributed by atoms with Crippen molar-refractivity contribution >= 4 is 17.3 Å². The van der Waals surface area contributed by atoms with Crippen LogP contribution in [0, 0.1) is 5.82 Å². The molecule has 4 rings (SSSR count). The Bertz CT molecular complexity index is 806. The molecule has 0 fully saturated rings. The third kappa shape index (κ3) is 3.45. The third-order valence-corrected chi connectivity index (χ3v) is 4.82. The summed E-state index contributed by atoms with van der Waals surface area (Å²) in [5, 5.41) is 6.52. The van der Waals surface area contributed by atoms with Crippen molar-refractivity contribution in [1.29, 1.82) is 0 Å². The van der Waals surface area contributed by atoms with Crippen LogP contribution < -0.4 is 15.4 Å². The van der Waals surface area contributed by atoms with Gasteiger partial charge in [0, 0.05) is 29.4 Å². The summed E-state index contributed by atoms with van der Waals surface area (Å²) in [6, 6.07) is 10.9. The maximum absolute atomic E-state index is 13.5. The molecule has 1 unspecified atom stereocenters. The minimum absolute atomic E-state index is 0.0799. The molecule has 2 N–H and O–H groups in total. The Hall–Kier alpha value is -2.56. The number of benzene rings is 2. The number of ether oxygens (including phenoxy) is 1. The Morgan fingerprint density at radius 3 is 2.96 bits per heavy atom. The maximum Gasteiger partial charge on any atom is 0.224 e. The van der Waals surface area contributed by atoms with Crippen molar-refractivity contribution in [3.05, 3.63) is 53.3 Å². The molecule has 0 bridgehead atoms. The second kappa shape index (κ2) is 6.75. The Morgan fingerprint density at radius 2 is 2.04 bits per heavy atom. The number of rotatable bonds is 2. The molecule has 2 aliphatic heterocycles. The summed E-state index contributed by atoms with van der Waals surface area (Å²) in [5.74, 6) is 0.425. The van der Waals surface area contributed by atoms with E-state index in [1.165, 1.54) is 12.1 Å². The fraction of sp³-hybridized carbons (Fsp3) is 0.350. The lowest BCUT2D eigenvalue weighted by atomic mass is 10.0. The van der Waals surface area contributed by atoms with Crippen LogP contribution in [0.25, 0.3) is 0 Å². The number of halogens is 1. The van der Waals surface area contributed by atoms with Gasteiger partial charge in [0.25, 0.3) is 0 Å². The fourth-order valence-electron chi connectivity index (χ4n) is 3.56. The molecule has 2 aromatic rings. The quantitative estimate of drug-likeness (QED) is 0.850. The fourth-order valence-corrected chi connectivity index (χ4v) is 3.56. The predicted octanol–water partition coefficient (Wildman–Crippen LogP) is 4.43. The Kier molecular flexibility index (Phi) is 4.30. The van der Waals surface area contributed by atoms with Crippen molar-refractivity contribution in [2.24, 2.45) is 0 Å². The molecule has 2 heterocycles. The number of hydrogen-bond donors (Lipinski definition) is 2. The molecular formula is C20H21FN2O2. The zero-order valence-electron chi connectivity index (χ0n) is 14.0. The standard InChI is InChI=1S/C20H21FN2O2/c21-14-6-8-16-18(4-2-10-25-19(16)12-14)22-15-7-9-17-13(11-15)3-1-5-20(24)23-17/h6-9,11-12,18,22H,1-5,10H2,(H,23,24). The number of carbonyl (C=O) groups is 1. The van der Waals surface area contributed by atoms with Gasteiger partial charge in [-0.25, -0.2) is 4.39 Å². The molecule has 130 valence electrons.